The quantitative estimate of drug-likeness (QED) is 0.582. The fourth-order valence-corrected chi connectivity index (χ4v) is 3.25. The Labute approximate surface area is 161 Å². The Bertz CT molecular complexity index is 1050. The van der Waals surface area contributed by atoms with E-state index in [0.717, 1.165) is 18.4 Å². The maximum atomic E-state index is 12.9. The number of rotatable bonds is 5. The van der Waals surface area contributed by atoms with Crippen LogP contribution in [-0.2, 0) is 16.1 Å². The highest BCUT2D eigenvalue weighted by atomic mass is 16.5. The first-order chi connectivity index (χ1) is 13.4. The van der Waals surface area contributed by atoms with Crippen LogP contribution in [0.15, 0.2) is 57.8 Å². The first-order valence-corrected chi connectivity index (χ1v) is 9.13. The van der Waals surface area contributed by atoms with Crippen molar-refractivity contribution in [2.75, 3.05) is 6.61 Å². The molecule has 1 aliphatic rings. The summed E-state index contributed by atoms with van der Waals surface area (Å²) in [5.41, 5.74) is 0.473. The number of carbonyl (C=O) groups is 2. The van der Waals surface area contributed by atoms with Gasteiger partial charge in [-0.3, -0.25) is 19.0 Å². The molecule has 0 bridgehead atoms. The first-order valence-electron chi connectivity index (χ1n) is 9.13. The first kappa shape index (κ1) is 19.5. The number of ether oxygens (including phenoxy) is 1. The lowest BCUT2D eigenvalue weighted by molar-refractivity contribution is -0.139. The molecule has 0 amide bonds. The number of benzene rings is 1. The van der Waals surface area contributed by atoms with E-state index in [1.165, 1.54) is 17.7 Å². The number of hydrogen-bond acceptors (Lipinski definition) is 5. The van der Waals surface area contributed by atoms with Gasteiger partial charge < -0.3 is 4.74 Å². The molecule has 3 rings (SSSR count). The van der Waals surface area contributed by atoms with Crippen molar-refractivity contribution in [3.8, 4) is 0 Å². The fourth-order valence-electron chi connectivity index (χ4n) is 3.25. The van der Waals surface area contributed by atoms with E-state index in [1.54, 1.807) is 37.3 Å². The van der Waals surface area contributed by atoms with E-state index in [-0.39, 0.29) is 24.1 Å². The molecule has 0 spiro atoms. The maximum Gasteiger partial charge on any atom is 0.338 e. The van der Waals surface area contributed by atoms with E-state index in [4.69, 9.17) is 4.74 Å². The summed E-state index contributed by atoms with van der Waals surface area (Å²) >= 11 is 0. The van der Waals surface area contributed by atoms with Crippen molar-refractivity contribution in [2.45, 2.75) is 33.2 Å². The molecule has 1 saturated carbocycles. The molecule has 0 saturated heterocycles. The van der Waals surface area contributed by atoms with E-state index >= 15 is 0 Å². The van der Waals surface area contributed by atoms with Gasteiger partial charge in [0.1, 0.15) is 6.61 Å². The van der Waals surface area contributed by atoms with Gasteiger partial charge in [-0.1, -0.05) is 23.8 Å². The summed E-state index contributed by atoms with van der Waals surface area (Å²) < 4.78 is 7.05. The summed E-state index contributed by atoms with van der Waals surface area (Å²) in [5, 5.41) is 0. The number of hydrogen-bond donors (Lipinski definition) is 0. The summed E-state index contributed by atoms with van der Waals surface area (Å²) in [4.78, 5) is 48.9. The monoisotopic (exact) mass is 382 g/mol. The molecule has 28 heavy (non-hydrogen) atoms. The van der Waals surface area contributed by atoms with Crippen LogP contribution in [0.4, 0.5) is 0 Å². The smallest absolute Gasteiger partial charge is 0.338 e. The van der Waals surface area contributed by atoms with Gasteiger partial charge in [-0.25, -0.2) is 4.79 Å². The zero-order valence-electron chi connectivity index (χ0n) is 15.9. The zero-order chi connectivity index (χ0) is 20.3. The van der Waals surface area contributed by atoms with Crippen LogP contribution in [-0.4, -0.2) is 27.6 Å². The lowest BCUT2D eigenvalue weighted by atomic mass is 9.79. The summed E-state index contributed by atoms with van der Waals surface area (Å²) in [6.07, 6.45) is 5.13. The molecule has 146 valence electrons. The molecule has 7 heteroatoms. The van der Waals surface area contributed by atoms with Gasteiger partial charge in [0, 0.05) is 30.8 Å². The molecule has 7 nitrogen and oxygen atoms in total. The molecule has 1 heterocycles. The Balaban J connectivity index is 1.88. The van der Waals surface area contributed by atoms with Gasteiger partial charge in [0.05, 0.1) is 0 Å². The number of esters is 1. The van der Waals surface area contributed by atoms with E-state index < -0.39 is 17.2 Å². The zero-order valence-corrected chi connectivity index (χ0v) is 15.9. The third-order valence-electron chi connectivity index (χ3n) is 4.91. The summed E-state index contributed by atoms with van der Waals surface area (Å²) in [6, 6.07) is 8.27. The molecule has 0 N–H and O–H groups in total. The molecule has 2 aromatic rings. The van der Waals surface area contributed by atoms with Crippen molar-refractivity contribution in [3.05, 3.63) is 80.1 Å². The van der Waals surface area contributed by atoms with Gasteiger partial charge in [0.15, 0.2) is 0 Å². The fraction of sp³-hybridized carbons (Fsp3) is 0.333. The lowest BCUT2D eigenvalue weighted by Gasteiger charge is -2.30. The minimum absolute atomic E-state index is 0.116. The Morgan fingerprint density at radius 1 is 1.21 bits per heavy atom. The summed E-state index contributed by atoms with van der Waals surface area (Å²) in [5.74, 6) is -0.858. The Hall–Kier alpha value is -3.22. The second-order valence-corrected chi connectivity index (χ2v) is 6.88. The predicted molar refractivity (Wildman–Crippen MR) is 103 cm³/mol. The van der Waals surface area contributed by atoms with Gasteiger partial charge in [-0.05, 0) is 43.9 Å². The molecule has 1 aliphatic carbocycles. The normalized spacial score (nSPS) is 17.2. The molecule has 1 aromatic heterocycles. The standard InChI is InChI=1S/C21H22N2O5/c1-14-12-22(13-18-9-8-16(18)10-11-28-15(2)24)21(27)23(19(14)25)20(26)17-6-4-3-5-7-17/h3-7,10,12,18H,8-9,11,13H2,1-2H3/b16-10+. The van der Waals surface area contributed by atoms with Gasteiger partial charge in [0.25, 0.3) is 11.5 Å². The minimum Gasteiger partial charge on any atom is -0.462 e. The molecule has 1 atom stereocenters. The SMILES string of the molecule is CC(=O)OC/C=C1\CCC1Cn1cc(C)c(=O)n(C(=O)c2ccccc2)c1=O. The second kappa shape index (κ2) is 8.21. The molecule has 1 unspecified atom stereocenters. The van der Waals surface area contributed by atoms with E-state index in [0.29, 0.717) is 16.7 Å². The molecular weight excluding hydrogens is 360 g/mol. The lowest BCUT2D eigenvalue weighted by Crippen LogP contribution is -2.45. The van der Waals surface area contributed by atoms with Crippen molar-refractivity contribution in [2.24, 2.45) is 5.92 Å². The van der Waals surface area contributed by atoms with Crippen LogP contribution < -0.4 is 11.2 Å². The van der Waals surface area contributed by atoms with Crippen molar-refractivity contribution < 1.29 is 14.3 Å². The average molecular weight is 382 g/mol. The number of aryl methyl sites for hydroxylation is 1. The topological polar surface area (TPSA) is 87.4 Å². The third kappa shape index (κ3) is 4.03. The summed E-state index contributed by atoms with van der Waals surface area (Å²) in [6.45, 7) is 3.52. The molecule has 0 radical (unpaired) electrons. The highest BCUT2D eigenvalue weighted by Crippen LogP contribution is 2.34. The highest BCUT2D eigenvalue weighted by molar-refractivity contribution is 5.95. The maximum absolute atomic E-state index is 12.9. The number of allylic oxidation sites excluding steroid dienone is 1. The van der Waals surface area contributed by atoms with Gasteiger partial charge >= 0.3 is 11.7 Å². The predicted octanol–water partition coefficient (Wildman–Crippen LogP) is 1.91. The molecule has 1 aromatic carbocycles. The Kier molecular flexibility index (Phi) is 5.73. The Morgan fingerprint density at radius 2 is 1.93 bits per heavy atom. The minimum atomic E-state index is -0.643. The van der Waals surface area contributed by atoms with Crippen LogP contribution >= 0.6 is 0 Å². The van der Waals surface area contributed by atoms with Crippen LogP contribution in [0.5, 0.6) is 0 Å². The van der Waals surface area contributed by atoms with Gasteiger partial charge in [0.2, 0.25) is 0 Å². The Morgan fingerprint density at radius 3 is 2.54 bits per heavy atom. The molecular formula is C21H22N2O5. The van der Waals surface area contributed by atoms with E-state index in [9.17, 15) is 19.2 Å². The van der Waals surface area contributed by atoms with Crippen molar-refractivity contribution in [1.29, 1.82) is 0 Å². The van der Waals surface area contributed by atoms with Crippen LogP contribution in [0.2, 0.25) is 0 Å². The average Bonchev–Trinajstić information content (AvgIpc) is 2.66. The van der Waals surface area contributed by atoms with Crippen molar-refractivity contribution in [3.63, 3.8) is 0 Å². The van der Waals surface area contributed by atoms with E-state index in [2.05, 4.69) is 0 Å². The number of aromatic nitrogens is 2. The number of nitrogens with zero attached hydrogens (tertiary/aromatic N) is 2. The largest absolute Gasteiger partial charge is 0.462 e. The van der Waals surface area contributed by atoms with E-state index in [1.807, 2.05) is 6.08 Å². The van der Waals surface area contributed by atoms with Crippen molar-refractivity contribution in [1.82, 2.24) is 9.13 Å². The van der Waals surface area contributed by atoms with Crippen LogP contribution in [0, 0.1) is 12.8 Å². The van der Waals surface area contributed by atoms with Crippen LogP contribution in [0.25, 0.3) is 0 Å². The highest BCUT2D eigenvalue weighted by Gasteiger charge is 2.26. The van der Waals surface area contributed by atoms with Gasteiger partial charge in [-0.2, -0.15) is 4.57 Å². The van der Waals surface area contributed by atoms with Crippen molar-refractivity contribution >= 4 is 11.9 Å². The van der Waals surface area contributed by atoms with Crippen LogP contribution in [0.3, 0.4) is 0 Å². The molecule has 1 fully saturated rings. The third-order valence-corrected chi connectivity index (χ3v) is 4.91. The number of carbonyl (C=O) groups excluding carboxylic acids is 2. The molecule has 0 aliphatic heterocycles. The van der Waals surface area contributed by atoms with Gasteiger partial charge in [-0.15, -0.1) is 0 Å². The van der Waals surface area contributed by atoms with Crippen LogP contribution in [0.1, 0.15) is 35.7 Å². The second-order valence-electron chi connectivity index (χ2n) is 6.88. The summed E-state index contributed by atoms with van der Waals surface area (Å²) in [7, 11) is 0.